The summed E-state index contributed by atoms with van der Waals surface area (Å²) in [5.74, 6) is -2.33. The average Bonchev–Trinajstić information content (AvgIpc) is 2.71. The van der Waals surface area contributed by atoms with Gasteiger partial charge in [0, 0.05) is 19.1 Å². The van der Waals surface area contributed by atoms with Gasteiger partial charge >= 0.3 is 18.1 Å². The molecule has 1 amide bonds. The molecule has 0 radical (unpaired) electrons. The second-order valence-corrected chi connectivity index (χ2v) is 3.69. The summed E-state index contributed by atoms with van der Waals surface area (Å²) in [5, 5.41) is 2.73. The predicted molar refractivity (Wildman–Crippen MR) is 51.1 cm³/mol. The number of nitrogens with one attached hydrogen (secondary N) is 1. The number of likely N-dealkylation sites (tertiary alicyclic amines) is 1. The van der Waals surface area contributed by atoms with E-state index >= 15 is 0 Å². The normalized spacial score (nSPS) is 20.5. The van der Waals surface area contributed by atoms with Gasteiger partial charge in [0.2, 0.25) is 0 Å². The molecule has 0 saturated carbocycles. The summed E-state index contributed by atoms with van der Waals surface area (Å²) in [6, 6.07) is -0.305. The van der Waals surface area contributed by atoms with Crippen molar-refractivity contribution in [2.24, 2.45) is 0 Å². The van der Waals surface area contributed by atoms with Crippen LogP contribution in [-0.2, 0) is 14.3 Å². The highest BCUT2D eigenvalue weighted by atomic mass is 19.4. The molecular weight excluding hydrogens is 241 g/mol. The lowest BCUT2D eigenvalue weighted by atomic mass is 10.2. The quantitative estimate of drug-likeness (QED) is 0.715. The molecule has 17 heavy (non-hydrogen) atoms. The van der Waals surface area contributed by atoms with E-state index in [1.807, 2.05) is 0 Å². The summed E-state index contributed by atoms with van der Waals surface area (Å²) < 4.78 is 40.7. The number of esters is 1. The maximum atomic E-state index is 12.1. The maximum absolute atomic E-state index is 12.1. The van der Waals surface area contributed by atoms with Gasteiger partial charge in [-0.25, -0.2) is 0 Å². The number of hydrogen-bond acceptors (Lipinski definition) is 4. The van der Waals surface area contributed by atoms with E-state index in [0.29, 0.717) is 6.42 Å². The van der Waals surface area contributed by atoms with E-state index in [1.165, 1.54) is 7.11 Å². The molecule has 1 aliphatic heterocycles. The van der Waals surface area contributed by atoms with Gasteiger partial charge in [-0.3, -0.25) is 9.59 Å². The van der Waals surface area contributed by atoms with E-state index in [0.717, 1.165) is 4.90 Å². The van der Waals surface area contributed by atoms with Crippen molar-refractivity contribution in [3.63, 3.8) is 0 Å². The van der Waals surface area contributed by atoms with Crippen molar-refractivity contribution in [1.29, 1.82) is 0 Å². The maximum Gasteiger partial charge on any atom is 0.471 e. The minimum absolute atomic E-state index is 0.0389. The van der Waals surface area contributed by atoms with Crippen LogP contribution in [-0.4, -0.2) is 55.7 Å². The third-order valence-corrected chi connectivity index (χ3v) is 2.48. The molecule has 1 fully saturated rings. The van der Waals surface area contributed by atoms with Crippen molar-refractivity contribution in [3.8, 4) is 0 Å². The molecule has 1 atom stereocenters. The number of hydrogen-bond donors (Lipinski definition) is 1. The standard InChI is InChI=1S/C9H13F3N2O3/c1-17-7(15)4-13-6-2-3-14(5-6)8(16)9(10,11)12/h6,13H,2-5H2,1H3. The molecule has 1 N–H and O–H groups in total. The summed E-state index contributed by atoms with van der Waals surface area (Å²) in [4.78, 5) is 22.4. The van der Waals surface area contributed by atoms with Crippen molar-refractivity contribution in [3.05, 3.63) is 0 Å². The van der Waals surface area contributed by atoms with Gasteiger partial charge in [-0.15, -0.1) is 0 Å². The van der Waals surface area contributed by atoms with Crippen LogP contribution in [0.15, 0.2) is 0 Å². The third kappa shape index (κ3) is 3.88. The molecule has 1 heterocycles. The van der Waals surface area contributed by atoms with Gasteiger partial charge in [-0.1, -0.05) is 0 Å². The van der Waals surface area contributed by atoms with Crippen LogP contribution >= 0.6 is 0 Å². The molecular formula is C9H13F3N2O3. The van der Waals surface area contributed by atoms with Gasteiger partial charge in [0.15, 0.2) is 0 Å². The molecule has 0 aromatic rings. The largest absolute Gasteiger partial charge is 0.471 e. The van der Waals surface area contributed by atoms with Gasteiger partial charge in [-0.05, 0) is 6.42 Å². The first-order valence-corrected chi connectivity index (χ1v) is 5.01. The highest BCUT2D eigenvalue weighted by molar-refractivity contribution is 5.82. The van der Waals surface area contributed by atoms with Gasteiger partial charge < -0.3 is 15.0 Å². The van der Waals surface area contributed by atoms with Crippen molar-refractivity contribution in [2.45, 2.75) is 18.6 Å². The van der Waals surface area contributed by atoms with E-state index in [4.69, 9.17) is 0 Å². The number of carbonyl (C=O) groups excluding carboxylic acids is 2. The minimum atomic E-state index is -4.84. The van der Waals surface area contributed by atoms with Crippen LogP contribution in [0.2, 0.25) is 0 Å². The first-order chi connectivity index (χ1) is 7.84. The third-order valence-electron chi connectivity index (χ3n) is 2.48. The van der Waals surface area contributed by atoms with E-state index in [-0.39, 0.29) is 25.7 Å². The fourth-order valence-corrected chi connectivity index (χ4v) is 1.59. The number of nitrogens with zero attached hydrogens (tertiary/aromatic N) is 1. The number of halogens is 3. The van der Waals surface area contributed by atoms with Crippen LogP contribution in [0.4, 0.5) is 13.2 Å². The van der Waals surface area contributed by atoms with Gasteiger partial charge in [0.05, 0.1) is 13.7 Å². The molecule has 1 rings (SSSR count). The zero-order valence-electron chi connectivity index (χ0n) is 9.21. The number of rotatable bonds is 3. The molecule has 98 valence electrons. The lowest BCUT2D eigenvalue weighted by Crippen LogP contribution is -2.42. The van der Waals surface area contributed by atoms with Crippen molar-refractivity contribution in [1.82, 2.24) is 10.2 Å². The Morgan fingerprint density at radius 1 is 1.47 bits per heavy atom. The van der Waals surface area contributed by atoms with Crippen LogP contribution in [0.3, 0.4) is 0 Å². The first kappa shape index (κ1) is 13.8. The van der Waals surface area contributed by atoms with Gasteiger partial charge in [0.25, 0.3) is 0 Å². The first-order valence-electron chi connectivity index (χ1n) is 5.01. The highest BCUT2D eigenvalue weighted by Crippen LogP contribution is 2.21. The second-order valence-electron chi connectivity index (χ2n) is 3.69. The number of ether oxygens (including phenoxy) is 1. The van der Waals surface area contributed by atoms with E-state index in [1.54, 1.807) is 0 Å². The van der Waals surface area contributed by atoms with Gasteiger partial charge in [-0.2, -0.15) is 13.2 Å². The average molecular weight is 254 g/mol. The van der Waals surface area contributed by atoms with E-state index < -0.39 is 18.1 Å². The molecule has 0 aromatic heterocycles. The monoisotopic (exact) mass is 254 g/mol. The Morgan fingerprint density at radius 3 is 2.65 bits per heavy atom. The second kappa shape index (κ2) is 5.35. The molecule has 0 bridgehead atoms. The number of alkyl halides is 3. The summed E-state index contributed by atoms with van der Waals surface area (Å²) in [7, 11) is 1.22. The molecule has 0 aromatic carbocycles. The summed E-state index contributed by atoms with van der Waals surface area (Å²) in [5.41, 5.74) is 0. The van der Waals surface area contributed by atoms with Gasteiger partial charge in [0.1, 0.15) is 0 Å². The summed E-state index contributed by atoms with van der Waals surface area (Å²) >= 11 is 0. The van der Waals surface area contributed by atoms with Crippen LogP contribution < -0.4 is 5.32 Å². The SMILES string of the molecule is COC(=O)CNC1CCN(C(=O)C(F)(F)F)C1. The number of methoxy groups -OCH3 is 1. The van der Waals surface area contributed by atoms with E-state index in [2.05, 4.69) is 10.1 Å². The van der Waals surface area contributed by atoms with Crippen molar-refractivity contribution in [2.75, 3.05) is 26.7 Å². The Kier molecular flexibility index (Phi) is 4.33. The lowest BCUT2D eigenvalue weighted by molar-refractivity contribution is -0.184. The zero-order chi connectivity index (χ0) is 13.1. The Bertz CT molecular complexity index is 306. The van der Waals surface area contributed by atoms with Crippen LogP contribution in [0, 0.1) is 0 Å². The molecule has 1 saturated heterocycles. The predicted octanol–water partition coefficient (Wildman–Crippen LogP) is -0.0878. The summed E-state index contributed by atoms with van der Waals surface area (Å²) in [6.45, 7) is -0.0816. The molecule has 8 heteroatoms. The molecule has 0 spiro atoms. The van der Waals surface area contributed by atoms with Crippen LogP contribution in [0.1, 0.15) is 6.42 Å². The smallest absolute Gasteiger partial charge is 0.468 e. The summed E-state index contributed by atoms with van der Waals surface area (Å²) in [6.07, 6.45) is -4.45. The Labute approximate surface area is 95.9 Å². The Balaban J connectivity index is 2.37. The molecule has 1 aliphatic rings. The zero-order valence-corrected chi connectivity index (χ0v) is 9.21. The lowest BCUT2D eigenvalue weighted by Gasteiger charge is -2.18. The molecule has 0 aliphatic carbocycles. The minimum Gasteiger partial charge on any atom is -0.468 e. The fraction of sp³-hybridized carbons (Fsp3) is 0.778. The highest BCUT2D eigenvalue weighted by Gasteiger charge is 2.44. The van der Waals surface area contributed by atoms with Crippen molar-refractivity contribution >= 4 is 11.9 Å². The van der Waals surface area contributed by atoms with Crippen LogP contribution in [0.25, 0.3) is 0 Å². The Hall–Kier alpha value is -1.31. The van der Waals surface area contributed by atoms with E-state index in [9.17, 15) is 22.8 Å². The fourth-order valence-electron chi connectivity index (χ4n) is 1.59. The number of amides is 1. The van der Waals surface area contributed by atoms with Crippen molar-refractivity contribution < 1.29 is 27.5 Å². The van der Waals surface area contributed by atoms with Crippen LogP contribution in [0.5, 0.6) is 0 Å². The number of carbonyl (C=O) groups is 2. The molecule has 5 nitrogen and oxygen atoms in total. The topological polar surface area (TPSA) is 58.6 Å². The Morgan fingerprint density at radius 2 is 2.12 bits per heavy atom. The molecule has 1 unspecified atom stereocenters.